The maximum atomic E-state index is 10.1. The van der Waals surface area contributed by atoms with Crippen molar-refractivity contribution >= 4 is 0 Å². The lowest BCUT2D eigenvalue weighted by Gasteiger charge is -2.35. The van der Waals surface area contributed by atoms with Crippen molar-refractivity contribution in [1.82, 2.24) is 4.90 Å². The summed E-state index contributed by atoms with van der Waals surface area (Å²) in [6, 6.07) is 0.722. The van der Waals surface area contributed by atoms with Crippen molar-refractivity contribution in [2.45, 2.75) is 58.6 Å². The minimum absolute atomic E-state index is 0.0423. The van der Waals surface area contributed by atoms with Gasteiger partial charge in [0, 0.05) is 19.1 Å². The SMILES string of the molecule is CC1CCC(O)C(CN2CC(C)CC2C)C1. The average Bonchev–Trinajstić information content (AvgIpc) is 2.51. The molecule has 0 aromatic carbocycles. The van der Waals surface area contributed by atoms with Crippen LogP contribution in [0.25, 0.3) is 0 Å². The molecule has 1 saturated heterocycles. The third-order valence-electron chi connectivity index (χ3n) is 4.59. The van der Waals surface area contributed by atoms with E-state index in [4.69, 9.17) is 0 Å². The van der Waals surface area contributed by atoms with Gasteiger partial charge >= 0.3 is 0 Å². The molecule has 0 aromatic heterocycles. The van der Waals surface area contributed by atoms with E-state index in [-0.39, 0.29) is 6.10 Å². The van der Waals surface area contributed by atoms with Gasteiger partial charge in [-0.3, -0.25) is 0 Å². The summed E-state index contributed by atoms with van der Waals surface area (Å²) in [5.74, 6) is 2.17. The van der Waals surface area contributed by atoms with Crippen LogP contribution in [-0.2, 0) is 0 Å². The molecule has 2 heteroatoms. The van der Waals surface area contributed by atoms with E-state index in [9.17, 15) is 5.11 Å². The van der Waals surface area contributed by atoms with Gasteiger partial charge in [0.25, 0.3) is 0 Å². The molecule has 1 N–H and O–H groups in total. The predicted molar refractivity (Wildman–Crippen MR) is 67.3 cm³/mol. The van der Waals surface area contributed by atoms with Crippen molar-refractivity contribution in [3.05, 3.63) is 0 Å². The van der Waals surface area contributed by atoms with Crippen LogP contribution in [0.2, 0.25) is 0 Å². The second-order valence-corrected chi connectivity index (χ2v) is 6.39. The summed E-state index contributed by atoms with van der Waals surface area (Å²) in [4.78, 5) is 2.59. The molecule has 2 nitrogen and oxygen atoms in total. The van der Waals surface area contributed by atoms with Gasteiger partial charge in [0.15, 0.2) is 0 Å². The molecule has 94 valence electrons. The fraction of sp³-hybridized carbons (Fsp3) is 1.00. The lowest BCUT2D eigenvalue weighted by Crippen LogP contribution is -2.40. The first kappa shape index (κ1) is 12.4. The summed E-state index contributed by atoms with van der Waals surface area (Å²) in [6.07, 6.45) is 4.74. The van der Waals surface area contributed by atoms with Gasteiger partial charge in [-0.05, 0) is 50.4 Å². The predicted octanol–water partition coefficient (Wildman–Crippen LogP) is 2.51. The van der Waals surface area contributed by atoms with E-state index in [1.165, 1.54) is 25.8 Å². The van der Waals surface area contributed by atoms with Crippen molar-refractivity contribution in [3.63, 3.8) is 0 Å². The molecule has 0 bridgehead atoms. The van der Waals surface area contributed by atoms with Crippen LogP contribution >= 0.6 is 0 Å². The van der Waals surface area contributed by atoms with Gasteiger partial charge < -0.3 is 10.0 Å². The monoisotopic (exact) mass is 225 g/mol. The lowest BCUT2D eigenvalue weighted by atomic mass is 9.80. The summed E-state index contributed by atoms with van der Waals surface area (Å²) >= 11 is 0. The second kappa shape index (κ2) is 5.05. The zero-order valence-corrected chi connectivity index (χ0v) is 11.0. The molecule has 0 radical (unpaired) electrons. The van der Waals surface area contributed by atoms with E-state index in [1.807, 2.05) is 0 Å². The molecular formula is C14H27NO. The van der Waals surface area contributed by atoms with E-state index in [2.05, 4.69) is 25.7 Å². The molecule has 1 aliphatic carbocycles. The van der Waals surface area contributed by atoms with Gasteiger partial charge in [0.05, 0.1) is 6.10 Å². The first-order chi connectivity index (χ1) is 7.56. The maximum absolute atomic E-state index is 10.1. The Hall–Kier alpha value is -0.0800. The van der Waals surface area contributed by atoms with Gasteiger partial charge in [-0.15, -0.1) is 0 Å². The molecule has 16 heavy (non-hydrogen) atoms. The quantitative estimate of drug-likeness (QED) is 0.780. The smallest absolute Gasteiger partial charge is 0.0580 e. The maximum Gasteiger partial charge on any atom is 0.0580 e. The van der Waals surface area contributed by atoms with Gasteiger partial charge in [0.1, 0.15) is 0 Å². The van der Waals surface area contributed by atoms with Crippen molar-refractivity contribution in [2.24, 2.45) is 17.8 Å². The Labute approximate surface area is 100 Å². The Bertz CT molecular complexity index is 231. The molecule has 0 aromatic rings. The zero-order valence-electron chi connectivity index (χ0n) is 11.0. The van der Waals surface area contributed by atoms with E-state index in [0.717, 1.165) is 30.8 Å². The standard InChI is InChI=1S/C14H27NO/c1-10-4-5-14(16)13(7-10)9-15-8-11(2)6-12(15)3/h10-14,16H,4-9H2,1-3H3. The first-order valence-corrected chi connectivity index (χ1v) is 6.98. The van der Waals surface area contributed by atoms with Crippen LogP contribution in [0.3, 0.4) is 0 Å². The molecule has 2 rings (SSSR count). The van der Waals surface area contributed by atoms with Gasteiger partial charge in [-0.2, -0.15) is 0 Å². The largest absolute Gasteiger partial charge is 0.393 e. The highest BCUT2D eigenvalue weighted by Crippen LogP contribution is 2.32. The molecule has 0 amide bonds. The van der Waals surface area contributed by atoms with E-state index >= 15 is 0 Å². The van der Waals surface area contributed by atoms with Crippen LogP contribution in [0.4, 0.5) is 0 Å². The molecule has 2 fully saturated rings. The molecule has 1 saturated carbocycles. The third-order valence-corrected chi connectivity index (χ3v) is 4.59. The first-order valence-electron chi connectivity index (χ1n) is 6.98. The molecule has 1 aliphatic heterocycles. The summed E-state index contributed by atoms with van der Waals surface area (Å²) in [7, 11) is 0. The van der Waals surface area contributed by atoms with Crippen LogP contribution in [0.1, 0.15) is 46.5 Å². The van der Waals surface area contributed by atoms with Crippen LogP contribution in [0, 0.1) is 17.8 Å². The highest BCUT2D eigenvalue weighted by Gasteiger charge is 2.33. The molecule has 5 unspecified atom stereocenters. The third kappa shape index (κ3) is 2.78. The number of hydrogen-bond donors (Lipinski definition) is 1. The van der Waals surface area contributed by atoms with E-state index in [0.29, 0.717) is 5.92 Å². The number of aliphatic hydroxyl groups excluding tert-OH is 1. The summed E-state index contributed by atoms with van der Waals surface area (Å²) in [5.41, 5.74) is 0. The normalized spacial score (nSPS) is 46.1. The highest BCUT2D eigenvalue weighted by atomic mass is 16.3. The Morgan fingerprint density at radius 2 is 1.81 bits per heavy atom. The van der Waals surface area contributed by atoms with Gasteiger partial charge in [0.2, 0.25) is 0 Å². The average molecular weight is 225 g/mol. The topological polar surface area (TPSA) is 23.5 Å². The molecule has 5 atom stereocenters. The summed E-state index contributed by atoms with van der Waals surface area (Å²) in [6.45, 7) is 9.36. The Balaban J connectivity index is 1.88. The van der Waals surface area contributed by atoms with Crippen LogP contribution in [0.5, 0.6) is 0 Å². The fourth-order valence-electron chi connectivity index (χ4n) is 3.62. The highest BCUT2D eigenvalue weighted by molar-refractivity contribution is 4.86. The van der Waals surface area contributed by atoms with E-state index < -0.39 is 0 Å². The Morgan fingerprint density at radius 3 is 2.44 bits per heavy atom. The molecule has 2 aliphatic rings. The zero-order chi connectivity index (χ0) is 11.7. The van der Waals surface area contributed by atoms with E-state index in [1.54, 1.807) is 0 Å². The Kier molecular flexibility index (Phi) is 3.91. The van der Waals surface area contributed by atoms with Crippen molar-refractivity contribution in [1.29, 1.82) is 0 Å². The van der Waals surface area contributed by atoms with Crippen LogP contribution < -0.4 is 0 Å². The summed E-state index contributed by atoms with van der Waals surface area (Å²) in [5, 5.41) is 10.1. The molecular weight excluding hydrogens is 198 g/mol. The number of aliphatic hydroxyl groups is 1. The van der Waals surface area contributed by atoms with Crippen LogP contribution in [0.15, 0.2) is 0 Å². The minimum Gasteiger partial charge on any atom is -0.393 e. The molecule has 1 heterocycles. The number of rotatable bonds is 2. The number of hydrogen-bond acceptors (Lipinski definition) is 2. The Morgan fingerprint density at radius 1 is 1.06 bits per heavy atom. The minimum atomic E-state index is -0.0423. The second-order valence-electron chi connectivity index (χ2n) is 6.39. The fourth-order valence-corrected chi connectivity index (χ4v) is 3.62. The molecule has 0 spiro atoms. The summed E-state index contributed by atoms with van der Waals surface area (Å²) < 4.78 is 0. The van der Waals surface area contributed by atoms with Gasteiger partial charge in [-0.25, -0.2) is 0 Å². The van der Waals surface area contributed by atoms with Crippen LogP contribution in [-0.4, -0.2) is 35.2 Å². The van der Waals surface area contributed by atoms with Gasteiger partial charge in [-0.1, -0.05) is 13.8 Å². The lowest BCUT2D eigenvalue weighted by molar-refractivity contribution is 0.0290. The number of nitrogens with zero attached hydrogens (tertiary/aromatic N) is 1. The van der Waals surface area contributed by atoms with Crippen molar-refractivity contribution in [3.8, 4) is 0 Å². The number of likely N-dealkylation sites (tertiary alicyclic amines) is 1. The van der Waals surface area contributed by atoms with Crippen molar-refractivity contribution in [2.75, 3.05) is 13.1 Å². The van der Waals surface area contributed by atoms with Crippen molar-refractivity contribution < 1.29 is 5.11 Å².